The monoisotopic (exact) mass is 250 g/mol. The van der Waals surface area contributed by atoms with Crippen molar-refractivity contribution in [3.63, 3.8) is 0 Å². The van der Waals surface area contributed by atoms with Gasteiger partial charge >= 0.3 is 0 Å². The van der Waals surface area contributed by atoms with E-state index in [-0.39, 0.29) is 0 Å². The second-order valence-corrected chi connectivity index (χ2v) is 6.19. The molecule has 17 heavy (non-hydrogen) atoms. The molecule has 1 aromatic rings. The van der Waals surface area contributed by atoms with E-state index in [1.165, 1.54) is 37.0 Å². The van der Waals surface area contributed by atoms with E-state index in [1.807, 2.05) is 11.8 Å². The summed E-state index contributed by atoms with van der Waals surface area (Å²) < 4.78 is 0. The van der Waals surface area contributed by atoms with Crippen molar-refractivity contribution >= 4 is 11.8 Å². The summed E-state index contributed by atoms with van der Waals surface area (Å²) in [5, 5.41) is 9.73. The summed E-state index contributed by atoms with van der Waals surface area (Å²) in [6.07, 6.45) is 7.61. The van der Waals surface area contributed by atoms with Gasteiger partial charge in [0.2, 0.25) is 0 Å². The predicted octanol–water partition coefficient (Wildman–Crippen LogP) is 4.11. The molecule has 1 fully saturated rings. The average Bonchev–Trinajstić information content (AvgIpc) is 2.39. The second kappa shape index (κ2) is 7.07. The van der Waals surface area contributed by atoms with Crippen molar-refractivity contribution in [2.45, 2.75) is 48.7 Å². The lowest BCUT2D eigenvalue weighted by Gasteiger charge is -2.31. The Hall–Kier alpha value is -0.470. The number of benzene rings is 1. The molecule has 94 valence electrons. The highest BCUT2D eigenvalue weighted by Gasteiger charge is 2.25. The van der Waals surface area contributed by atoms with Crippen LogP contribution in [-0.4, -0.2) is 17.0 Å². The first kappa shape index (κ1) is 13.0. The maximum absolute atomic E-state index is 8.97. The minimum atomic E-state index is 0.346. The standard InChI is InChI=1S/C15H22OS/c16-12-6-8-13-7-4-5-11-15(13)17-14-9-2-1-3-10-14/h1-3,9-10,13,15-16H,4-8,11-12H2. The summed E-state index contributed by atoms with van der Waals surface area (Å²) in [6, 6.07) is 10.7. The van der Waals surface area contributed by atoms with E-state index in [2.05, 4.69) is 30.3 Å². The SMILES string of the molecule is OCCCC1CCCCC1Sc1ccccc1. The molecule has 2 rings (SSSR count). The molecule has 0 spiro atoms. The third-order valence-corrected chi connectivity index (χ3v) is 5.07. The fourth-order valence-corrected chi connectivity index (χ4v) is 4.10. The molecule has 1 aliphatic carbocycles. The predicted molar refractivity (Wildman–Crippen MR) is 74.4 cm³/mol. The number of aliphatic hydroxyl groups is 1. The Kier molecular flexibility index (Phi) is 5.40. The maximum atomic E-state index is 8.97. The van der Waals surface area contributed by atoms with Crippen molar-refractivity contribution in [3.05, 3.63) is 30.3 Å². The van der Waals surface area contributed by atoms with Crippen molar-refractivity contribution in [2.75, 3.05) is 6.61 Å². The third kappa shape index (κ3) is 4.04. The van der Waals surface area contributed by atoms with Crippen molar-refractivity contribution in [2.24, 2.45) is 5.92 Å². The second-order valence-electron chi connectivity index (χ2n) is 4.88. The zero-order valence-corrected chi connectivity index (χ0v) is 11.2. The first-order chi connectivity index (χ1) is 8.40. The summed E-state index contributed by atoms with van der Waals surface area (Å²) in [5.74, 6) is 0.807. The molecule has 1 nitrogen and oxygen atoms in total. The molecular formula is C15H22OS. The molecule has 0 heterocycles. The molecule has 0 saturated heterocycles. The number of aliphatic hydroxyl groups excluding tert-OH is 1. The quantitative estimate of drug-likeness (QED) is 0.848. The van der Waals surface area contributed by atoms with Gasteiger partial charge in [-0.25, -0.2) is 0 Å². The van der Waals surface area contributed by atoms with Gasteiger partial charge < -0.3 is 5.11 Å². The van der Waals surface area contributed by atoms with E-state index in [0.717, 1.165) is 17.6 Å². The zero-order chi connectivity index (χ0) is 11.9. The van der Waals surface area contributed by atoms with Crippen LogP contribution in [0.15, 0.2) is 35.2 Å². The summed E-state index contributed by atoms with van der Waals surface area (Å²) in [5.41, 5.74) is 0. The Morgan fingerprint density at radius 3 is 2.65 bits per heavy atom. The molecule has 1 N–H and O–H groups in total. The molecule has 2 atom stereocenters. The lowest BCUT2D eigenvalue weighted by atomic mass is 9.85. The normalized spacial score (nSPS) is 24.8. The zero-order valence-electron chi connectivity index (χ0n) is 10.3. The molecule has 1 aliphatic rings. The van der Waals surface area contributed by atoms with Gasteiger partial charge in [0.15, 0.2) is 0 Å². The van der Waals surface area contributed by atoms with Crippen molar-refractivity contribution < 1.29 is 5.11 Å². The van der Waals surface area contributed by atoms with Crippen molar-refractivity contribution in [1.82, 2.24) is 0 Å². The van der Waals surface area contributed by atoms with Crippen molar-refractivity contribution in [3.8, 4) is 0 Å². The number of rotatable bonds is 5. The van der Waals surface area contributed by atoms with E-state index in [9.17, 15) is 0 Å². The van der Waals surface area contributed by atoms with Crippen LogP contribution in [0.5, 0.6) is 0 Å². The Bertz CT molecular complexity index is 312. The third-order valence-electron chi connectivity index (χ3n) is 3.60. The van der Waals surface area contributed by atoms with Crippen LogP contribution >= 0.6 is 11.8 Å². The summed E-state index contributed by atoms with van der Waals surface area (Å²) >= 11 is 2.04. The Morgan fingerprint density at radius 1 is 1.12 bits per heavy atom. The van der Waals surface area contributed by atoms with Crippen LogP contribution in [-0.2, 0) is 0 Å². The fourth-order valence-electron chi connectivity index (χ4n) is 2.69. The number of thioether (sulfide) groups is 1. The molecule has 1 saturated carbocycles. The lowest BCUT2D eigenvalue weighted by molar-refractivity contribution is 0.256. The number of hydrogen-bond donors (Lipinski definition) is 1. The van der Waals surface area contributed by atoms with E-state index >= 15 is 0 Å². The first-order valence-corrected chi connectivity index (χ1v) is 7.60. The molecule has 2 unspecified atom stereocenters. The van der Waals surface area contributed by atoms with Crippen LogP contribution in [0.4, 0.5) is 0 Å². The van der Waals surface area contributed by atoms with E-state index < -0.39 is 0 Å². The van der Waals surface area contributed by atoms with Crippen LogP contribution in [0, 0.1) is 5.92 Å². The fraction of sp³-hybridized carbons (Fsp3) is 0.600. The highest BCUT2D eigenvalue weighted by molar-refractivity contribution is 8.00. The van der Waals surface area contributed by atoms with Crippen LogP contribution in [0.2, 0.25) is 0 Å². The minimum absolute atomic E-state index is 0.346. The van der Waals surface area contributed by atoms with Gasteiger partial charge in [-0.3, -0.25) is 0 Å². The summed E-state index contributed by atoms with van der Waals surface area (Å²) in [6.45, 7) is 0.346. The van der Waals surface area contributed by atoms with Crippen LogP contribution in [0.25, 0.3) is 0 Å². The van der Waals surface area contributed by atoms with E-state index in [4.69, 9.17) is 5.11 Å². The largest absolute Gasteiger partial charge is 0.396 e. The highest BCUT2D eigenvalue weighted by Crippen LogP contribution is 2.39. The molecular weight excluding hydrogens is 228 g/mol. The molecule has 0 amide bonds. The Morgan fingerprint density at radius 2 is 1.88 bits per heavy atom. The topological polar surface area (TPSA) is 20.2 Å². The van der Waals surface area contributed by atoms with Gasteiger partial charge in [0.1, 0.15) is 0 Å². The average molecular weight is 250 g/mol. The van der Waals surface area contributed by atoms with Gasteiger partial charge in [-0.05, 0) is 43.7 Å². The van der Waals surface area contributed by atoms with Gasteiger partial charge in [0.25, 0.3) is 0 Å². The van der Waals surface area contributed by atoms with Gasteiger partial charge in [0, 0.05) is 16.8 Å². The van der Waals surface area contributed by atoms with Gasteiger partial charge in [-0.2, -0.15) is 0 Å². The molecule has 1 aromatic carbocycles. The Balaban J connectivity index is 1.92. The van der Waals surface area contributed by atoms with E-state index in [1.54, 1.807) is 0 Å². The molecule has 0 bridgehead atoms. The van der Waals surface area contributed by atoms with Crippen LogP contribution in [0.1, 0.15) is 38.5 Å². The van der Waals surface area contributed by atoms with Crippen molar-refractivity contribution in [1.29, 1.82) is 0 Å². The van der Waals surface area contributed by atoms with Gasteiger partial charge in [-0.1, -0.05) is 31.0 Å². The lowest BCUT2D eigenvalue weighted by Crippen LogP contribution is -2.22. The highest BCUT2D eigenvalue weighted by atomic mass is 32.2. The minimum Gasteiger partial charge on any atom is -0.396 e. The maximum Gasteiger partial charge on any atom is 0.0431 e. The molecule has 0 aromatic heterocycles. The smallest absolute Gasteiger partial charge is 0.0431 e. The molecule has 2 heteroatoms. The van der Waals surface area contributed by atoms with Crippen LogP contribution < -0.4 is 0 Å². The molecule has 0 radical (unpaired) electrons. The van der Waals surface area contributed by atoms with E-state index in [0.29, 0.717) is 6.61 Å². The van der Waals surface area contributed by atoms with Gasteiger partial charge in [-0.15, -0.1) is 11.8 Å². The summed E-state index contributed by atoms with van der Waals surface area (Å²) in [7, 11) is 0. The Labute approximate surface area is 109 Å². The number of hydrogen-bond acceptors (Lipinski definition) is 2. The first-order valence-electron chi connectivity index (χ1n) is 6.72. The van der Waals surface area contributed by atoms with Crippen LogP contribution in [0.3, 0.4) is 0 Å². The van der Waals surface area contributed by atoms with Gasteiger partial charge in [0.05, 0.1) is 0 Å². The molecule has 0 aliphatic heterocycles. The summed E-state index contributed by atoms with van der Waals surface area (Å²) in [4.78, 5) is 1.40.